The molecule has 1 N–H and O–H groups in total. The lowest BCUT2D eigenvalue weighted by Gasteiger charge is -2.44. The van der Waals surface area contributed by atoms with Crippen LogP contribution in [0.5, 0.6) is 0 Å². The molecular formula is C17H20F2N2O4. The number of amides is 1. The number of halogens is 2. The van der Waals surface area contributed by atoms with Crippen LogP contribution in [0.4, 0.5) is 8.78 Å². The molecule has 1 aromatic carbocycles. The Kier molecular flexibility index (Phi) is 4.75. The van der Waals surface area contributed by atoms with Crippen molar-refractivity contribution in [1.82, 2.24) is 9.80 Å². The fourth-order valence-electron chi connectivity index (χ4n) is 3.59. The molecule has 1 unspecified atom stereocenters. The first-order chi connectivity index (χ1) is 11.9. The van der Waals surface area contributed by atoms with E-state index in [2.05, 4.69) is 4.90 Å². The normalized spacial score (nSPS) is 23.2. The summed E-state index contributed by atoms with van der Waals surface area (Å²) in [5.41, 5.74) is -1.26. The number of benzene rings is 1. The number of ether oxygens (including phenoxy) is 1. The Morgan fingerprint density at radius 2 is 1.84 bits per heavy atom. The van der Waals surface area contributed by atoms with Crippen LogP contribution in [-0.2, 0) is 9.53 Å². The van der Waals surface area contributed by atoms with Gasteiger partial charge in [-0.3, -0.25) is 9.69 Å². The van der Waals surface area contributed by atoms with Crippen molar-refractivity contribution in [3.8, 4) is 0 Å². The van der Waals surface area contributed by atoms with Gasteiger partial charge in [0, 0.05) is 37.6 Å². The zero-order valence-corrected chi connectivity index (χ0v) is 13.9. The van der Waals surface area contributed by atoms with Crippen molar-refractivity contribution in [2.45, 2.75) is 31.5 Å². The molecule has 0 saturated carbocycles. The van der Waals surface area contributed by atoms with Gasteiger partial charge < -0.3 is 14.7 Å². The molecule has 0 bridgehead atoms. The average molecular weight is 354 g/mol. The number of carbonyl (C=O) groups is 2. The summed E-state index contributed by atoms with van der Waals surface area (Å²) in [6.07, 6.45) is 0.905. The molecule has 1 spiro atoms. The van der Waals surface area contributed by atoms with Crippen molar-refractivity contribution in [2.24, 2.45) is 0 Å². The van der Waals surface area contributed by atoms with Crippen LogP contribution in [0.15, 0.2) is 18.2 Å². The lowest BCUT2D eigenvalue weighted by molar-refractivity contribution is -0.143. The molecule has 2 heterocycles. The largest absolute Gasteiger partial charge is 0.480 e. The van der Waals surface area contributed by atoms with Crippen LogP contribution in [0, 0.1) is 11.6 Å². The van der Waals surface area contributed by atoms with Crippen molar-refractivity contribution < 1.29 is 28.2 Å². The summed E-state index contributed by atoms with van der Waals surface area (Å²) in [6.45, 7) is 4.05. The Bertz CT molecular complexity index is 669. The van der Waals surface area contributed by atoms with E-state index in [4.69, 9.17) is 4.74 Å². The maximum absolute atomic E-state index is 13.5. The quantitative estimate of drug-likeness (QED) is 0.895. The summed E-state index contributed by atoms with van der Waals surface area (Å²) in [4.78, 5) is 27.9. The summed E-state index contributed by atoms with van der Waals surface area (Å²) in [5.74, 6) is -3.69. The molecular weight excluding hydrogens is 334 g/mol. The van der Waals surface area contributed by atoms with Crippen LogP contribution < -0.4 is 0 Å². The predicted molar refractivity (Wildman–Crippen MR) is 84.0 cm³/mol. The van der Waals surface area contributed by atoms with Gasteiger partial charge in [-0.25, -0.2) is 13.6 Å². The number of rotatable bonds is 3. The molecule has 136 valence electrons. The summed E-state index contributed by atoms with van der Waals surface area (Å²) in [5, 5.41) is 9.47. The Balaban J connectivity index is 1.95. The molecule has 8 heteroatoms. The predicted octanol–water partition coefficient (Wildman–Crippen LogP) is 1.70. The van der Waals surface area contributed by atoms with E-state index >= 15 is 0 Å². The number of carbonyl (C=O) groups excluding carboxylic acids is 1. The van der Waals surface area contributed by atoms with Gasteiger partial charge in [0.2, 0.25) is 0 Å². The van der Waals surface area contributed by atoms with Crippen LogP contribution in [0.3, 0.4) is 0 Å². The lowest BCUT2D eigenvalue weighted by Crippen LogP contribution is -2.58. The third-order valence-corrected chi connectivity index (χ3v) is 4.96. The molecule has 2 aliphatic rings. The number of hydrogen-bond acceptors (Lipinski definition) is 4. The van der Waals surface area contributed by atoms with Crippen molar-refractivity contribution in [2.75, 3.05) is 26.2 Å². The topological polar surface area (TPSA) is 70.1 Å². The highest BCUT2D eigenvalue weighted by atomic mass is 19.1. The molecule has 1 aromatic rings. The van der Waals surface area contributed by atoms with E-state index in [0.29, 0.717) is 32.0 Å². The van der Waals surface area contributed by atoms with Crippen molar-refractivity contribution in [3.05, 3.63) is 35.4 Å². The van der Waals surface area contributed by atoms with Crippen molar-refractivity contribution >= 4 is 11.9 Å². The fourth-order valence-corrected chi connectivity index (χ4v) is 3.59. The first kappa shape index (κ1) is 17.8. The van der Waals surface area contributed by atoms with E-state index in [0.717, 1.165) is 23.6 Å². The highest BCUT2D eigenvalue weighted by Crippen LogP contribution is 2.38. The minimum absolute atomic E-state index is 0.134. The highest BCUT2D eigenvalue weighted by Gasteiger charge is 2.54. The maximum atomic E-state index is 13.5. The summed E-state index contributed by atoms with van der Waals surface area (Å²) >= 11 is 0. The SMILES string of the molecule is CCN1CCC2(CC1)OCC(C(=O)O)N2C(=O)c1cc(F)cc(F)c1. The monoisotopic (exact) mass is 354 g/mol. The molecule has 0 aliphatic carbocycles. The van der Waals surface area contributed by atoms with Gasteiger partial charge in [-0.1, -0.05) is 6.92 Å². The Hall–Kier alpha value is -2.06. The second-order valence-corrected chi connectivity index (χ2v) is 6.38. The number of piperidine rings is 1. The van der Waals surface area contributed by atoms with E-state index in [-0.39, 0.29) is 12.2 Å². The third-order valence-electron chi connectivity index (χ3n) is 4.96. The van der Waals surface area contributed by atoms with E-state index < -0.39 is 35.3 Å². The molecule has 2 aliphatic heterocycles. The summed E-state index contributed by atoms with van der Waals surface area (Å²) < 4.78 is 32.8. The van der Waals surface area contributed by atoms with Crippen LogP contribution in [0.1, 0.15) is 30.1 Å². The van der Waals surface area contributed by atoms with Gasteiger partial charge in [0.25, 0.3) is 5.91 Å². The number of carboxylic acid groups (broad SMARTS) is 1. The van der Waals surface area contributed by atoms with Crippen molar-refractivity contribution in [3.63, 3.8) is 0 Å². The Labute approximate surface area is 144 Å². The zero-order chi connectivity index (χ0) is 18.2. The molecule has 2 fully saturated rings. The summed E-state index contributed by atoms with van der Waals surface area (Å²) in [6, 6.07) is 1.32. The molecule has 0 radical (unpaired) electrons. The zero-order valence-electron chi connectivity index (χ0n) is 13.9. The Morgan fingerprint density at radius 1 is 1.24 bits per heavy atom. The molecule has 0 aromatic heterocycles. The first-order valence-electron chi connectivity index (χ1n) is 8.25. The number of aliphatic carboxylic acids is 1. The maximum Gasteiger partial charge on any atom is 0.328 e. The van der Waals surface area contributed by atoms with Gasteiger partial charge in [0.05, 0.1) is 6.61 Å². The number of carboxylic acids is 1. The third kappa shape index (κ3) is 3.23. The number of likely N-dealkylation sites (tertiary alicyclic amines) is 1. The van der Waals surface area contributed by atoms with Gasteiger partial charge in [-0.05, 0) is 18.7 Å². The highest BCUT2D eigenvalue weighted by molar-refractivity contribution is 5.97. The van der Waals surface area contributed by atoms with Crippen LogP contribution >= 0.6 is 0 Å². The van der Waals surface area contributed by atoms with E-state index in [1.165, 1.54) is 0 Å². The van der Waals surface area contributed by atoms with Gasteiger partial charge in [0.1, 0.15) is 17.4 Å². The lowest BCUT2D eigenvalue weighted by atomic mass is 9.96. The Morgan fingerprint density at radius 3 is 2.36 bits per heavy atom. The van der Waals surface area contributed by atoms with Crippen LogP contribution in [0.2, 0.25) is 0 Å². The molecule has 3 rings (SSSR count). The van der Waals surface area contributed by atoms with Gasteiger partial charge in [-0.15, -0.1) is 0 Å². The van der Waals surface area contributed by atoms with Gasteiger partial charge >= 0.3 is 5.97 Å². The smallest absolute Gasteiger partial charge is 0.328 e. The fraction of sp³-hybridized carbons (Fsp3) is 0.529. The molecule has 1 atom stereocenters. The van der Waals surface area contributed by atoms with E-state index in [1.807, 2.05) is 6.92 Å². The standard InChI is InChI=1S/C17H20F2N2O4/c1-2-20-5-3-17(4-6-20)21(14(10-25-17)16(23)24)15(22)11-7-12(18)9-13(19)8-11/h7-9,14H,2-6,10H2,1H3,(H,23,24). The second kappa shape index (κ2) is 6.68. The van der Waals surface area contributed by atoms with Crippen LogP contribution in [-0.4, -0.2) is 64.8 Å². The van der Waals surface area contributed by atoms with E-state index in [1.54, 1.807) is 0 Å². The molecule has 25 heavy (non-hydrogen) atoms. The molecule has 2 saturated heterocycles. The van der Waals surface area contributed by atoms with Crippen LogP contribution in [0.25, 0.3) is 0 Å². The average Bonchev–Trinajstić information content (AvgIpc) is 2.93. The van der Waals surface area contributed by atoms with Gasteiger partial charge in [-0.2, -0.15) is 0 Å². The van der Waals surface area contributed by atoms with Gasteiger partial charge in [0.15, 0.2) is 6.04 Å². The van der Waals surface area contributed by atoms with E-state index in [9.17, 15) is 23.5 Å². The first-order valence-corrected chi connectivity index (χ1v) is 8.25. The number of nitrogens with zero attached hydrogens (tertiary/aromatic N) is 2. The minimum Gasteiger partial charge on any atom is -0.480 e. The second-order valence-electron chi connectivity index (χ2n) is 6.38. The summed E-state index contributed by atoms with van der Waals surface area (Å²) in [7, 11) is 0. The molecule has 1 amide bonds. The van der Waals surface area contributed by atoms with Crippen molar-refractivity contribution in [1.29, 1.82) is 0 Å². The minimum atomic E-state index is -1.19. The number of hydrogen-bond donors (Lipinski definition) is 1. The molecule has 6 nitrogen and oxygen atoms in total.